The van der Waals surface area contributed by atoms with Gasteiger partial charge in [0.15, 0.2) is 0 Å². The number of aromatic nitrogens is 2. The van der Waals surface area contributed by atoms with Crippen LogP contribution in [0.4, 0.5) is 0 Å². The molecule has 0 aliphatic carbocycles. The number of amides is 1. The molecule has 0 unspecified atom stereocenters. The molecule has 1 aromatic heterocycles. The van der Waals surface area contributed by atoms with Crippen LogP contribution < -0.4 is 5.32 Å². The lowest BCUT2D eigenvalue weighted by atomic mass is 10.1. The first-order valence-electron chi connectivity index (χ1n) is 6.32. The van der Waals surface area contributed by atoms with Crippen LogP contribution in [0.1, 0.15) is 54.9 Å². The van der Waals surface area contributed by atoms with Crippen LogP contribution in [-0.2, 0) is 0 Å². The summed E-state index contributed by atoms with van der Waals surface area (Å²) in [5.41, 5.74) is 2.29. The number of aryl methyl sites for hydroxylation is 2. The number of nitrogens with zero attached hydrogens (tertiary/aromatic N) is 1. The molecule has 4 nitrogen and oxygen atoms in total. The number of carbonyl (C=O) groups is 1. The summed E-state index contributed by atoms with van der Waals surface area (Å²) >= 11 is 0. The van der Waals surface area contributed by atoms with Gasteiger partial charge in [0.2, 0.25) is 0 Å². The highest BCUT2D eigenvalue weighted by Gasteiger charge is 2.14. The maximum atomic E-state index is 11.9. The fraction of sp³-hybridized carbons (Fsp3) is 0.692. The summed E-state index contributed by atoms with van der Waals surface area (Å²) in [5, 5.41) is 9.78. The summed E-state index contributed by atoms with van der Waals surface area (Å²) in [6.07, 6.45) is 3.43. The van der Waals surface area contributed by atoms with Crippen LogP contribution in [0, 0.1) is 19.8 Å². The molecular weight excluding hydrogens is 214 g/mol. The standard InChI is InChI=1S/C13H23N3O/c1-9(2)7-5-6-8-14-13(17)12-10(3)15-16-11(12)4/h9H,5-8H2,1-4H3,(H,14,17)(H,15,16). The van der Waals surface area contributed by atoms with E-state index in [0.717, 1.165) is 30.3 Å². The smallest absolute Gasteiger partial charge is 0.255 e. The molecule has 0 saturated carbocycles. The zero-order valence-corrected chi connectivity index (χ0v) is 11.3. The van der Waals surface area contributed by atoms with Crippen molar-refractivity contribution in [2.24, 2.45) is 5.92 Å². The van der Waals surface area contributed by atoms with E-state index in [2.05, 4.69) is 29.4 Å². The largest absolute Gasteiger partial charge is 0.352 e. The first-order chi connectivity index (χ1) is 8.02. The molecule has 17 heavy (non-hydrogen) atoms. The molecule has 1 aromatic rings. The van der Waals surface area contributed by atoms with Gasteiger partial charge >= 0.3 is 0 Å². The van der Waals surface area contributed by atoms with Gasteiger partial charge in [0.25, 0.3) is 5.91 Å². The zero-order valence-electron chi connectivity index (χ0n) is 11.3. The summed E-state index contributed by atoms with van der Waals surface area (Å²) in [4.78, 5) is 11.9. The number of aromatic amines is 1. The number of hydrogen-bond donors (Lipinski definition) is 2. The number of rotatable bonds is 6. The Morgan fingerprint density at radius 2 is 2.06 bits per heavy atom. The third-order valence-electron chi connectivity index (χ3n) is 2.85. The number of carbonyl (C=O) groups excluding carboxylic acids is 1. The van der Waals surface area contributed by atoms with Gasteiger partial charge in [-0.15, -0.1) is 0 Å². The van der Waals surface area contributed by atoms with Crippen LogP contribution in [0.25, 0.3) is 0 Å². The van der Waals surface area contributed by atoms with Gasteiger partial charge in [-0.1, -0.05) is 26.7 Å². The van der Waals surface area contributed by atoms with Crippen molar-refractivity contribution in [3.05, 3.63) is 17.0 Å². The Balaban J connectivity index is 2.31. The average molecular weight is 237 g/mol. The van der Waals surface area contributed by atoms with Gasteiger partial charge in [0.1, 0.15) is 0 Å². The van der Waals surface area contributed by atoms with E-state index in [9.17, 15) is 4.79 Å². The summed E-state index contributed by atoms with van der Waals surface area (Å²) < 4.78 is 0. The zero-order chi connectivity index (χ0) is 12.8. The molecule has 0 aliphatic heterocycles. The molecule has 96 valence electrons. The van der Waals surface area contributed by atoms with Crippen LogP contribution in [0.5, 0.6) is 0 Å². The molecule has 0 bridgehead atoms. The topological polar surface area (TPSA) is 57.8 Å². The third-order valence-corrected chi connectivity index (χ3v) is 2.85. The Kier molecular flexibility index (Phi) is 5.19. The molecule has 0 radical (unpaired) electrons. The Morgan fingerprint density at radius 1 is 1.35 bits per heavy atom. The SMILES string of the molecule is Cc1n[nH]c(C)c1C(=O)NCCCCC(C)C. The van der Waals surface area contributed by atoms with Gasteiger partial charge in [-0.05, 0) is 26.2 Å². The number of unbranched alkanes of at least 4 members (excludes halogenated alkanes) is 1. The van der Waals surface area contributed by atoms with Crippen LogP contribution >= 0.6 is 0 Å². The van der Waals surface area contributed by atoms with E-state index in [1.54, 1.807) is 0 Å². The van der Waals surface area contributed by atoms with Crippen molar-refractivity contribution in [3.8, 4) is 0 Å². The van der Waals surface area contributed by atoms with Gasteiger partial charge in [-0.3, -0.25) is 9.89 Å². The van der Waals surface area contributed by atoms with E-state index in [-0.39, 0.29) is 5.91 Å². The molecule has 2 N–H and O–H groups in total. The molecule has 1 heterocycles. The monoisotopic (exact) mass is 237 g/mol. The predicted octanol–water partition coefficient (Wildman–Crippen LogP) is 2.58. The second-order valence-corrected chi connectivity index (χ2v) is 4.95. The van der Waals surface area contributed by atoms with Crippen LogP contribution in [0.2, 0.25) is 0 Å². The van der Waals surface area contributed by atoms with Crippen molar-refractivity contribution >= 4 is 5.91 Å². The molecule has 0 saturated heterocycles. The minimum Gasteiger partial charge on any atom is -0.352 e. The quantitative estimate of drug-likeness (QED) is 0.747. The highest BCUT2D eigenvalue weighted by molar-refractivity contribution is 5.96. The van der Waals surface area contributed by atoms with Crippen molar-refractivity contribution in [1.29, 1.82) is 0 Å². The second-order valence-electron chi connectivity index (χ2n) is 4.95. The van der Waals surface area contributed by atoms with Gasteiger partial charge < -0.3 is 5.32 Å². The fourth-order valence-corrected chi connectivity index (χ4v) is 1.85. The predicted molar refractivity (Wildman–Crippen MR) is 69.1 cm³/mol. The fourth-order valence-electron chi connectivity index (χ4n) is 1.85. The third kappa shape index (κ3) is 4.21. The van der Waals surface area contributed by atoms with Crippen molar-refractivity contribution in [1.82, 2.24) is 15.5 Å². The lowest BCUT2D eigenvalue weighted by Crippen LogP contribution is -2.25. The van der Waals surface area contributed by atoms with E-state index in [0.29, 0.717) is 5.56 Å². The Labute approximate surface area is 103 Å². The molecule has 0 aromatic carbocycles. The number of H-pyrrole nitrogens is 1. The van der Waals surface area contributed by atoms with E-state index in [1.165, 1.54) is 12.8 Å². The molecular formula is C13H23N3O. The van der Waals surface area contributed by atoms with E-state index in [1.807, 2.05) is 13.8 Å². The summed E-state index contributed by atoms with van der Waals surface area (Å²) in [7, 11) is 0. The van der Waals surface area contributed by atoms with E-state index < -0.39 is 0 Å². The van der Waals surface area contributed by atoms with Crippen LogP contribution in [0.15, 0.2) is 0 Å². The maximum absolute atomic E-state index is 11.9. The molecule has 0 aliphatic rings. The Bertz CT molecular complexity index is 349. The number of hydrogen-bond acceptors (Lipinski definition) is 2. The molecule has 1 amide bonds. The van der Waals surface area contributed by atoms with Crippen molar-refractivity contribution in [2.45, 2.75) is 47.0 Å². The molecule has 0 spiro atoms. The Morgan fingerprint density at radius 3 is 2.59 bits per heavy atom. The molecule has 1 rings (SSSR count). The van der Waals surface area contributed by atoms with Gasteiger partial charge in [0.05, 0.1) is 11.3 Å². The Hall–Kier alpha value is -1.32. The summed E-state index contributed by atoms with van der Waals surface area (Å²) in [6, 6.07) is 0. The van der Waals surface area contributed by atoms with Crippen LogP contribution in [-0.4, -0.2) is 22.6 Å². The molecule has 4 heteroatoms. The average Bonchev–Trinajstić information content (AvgIpc) is 2.57. The summed E-state index contributed by atoms with van der Waals surface area (Å²) in [5.74, 6) is 0.724. The van der Waals surface area contributed by atoms with Crippen LogP contribution in [0.3, 0.4) is 0 Å². The van der Waals surface area contributed by atoms with Crippen molar-refractivity contribution in [2.75, 3.05) is 6.54 Å². The van der Waals surface area contributed by atoms with Crippen molar-refractivity contribution < 1.29 is 4.79 Å². The minimum atomic E-state index is -0.0155. The van der Waals surface area contributed by atoms with E-state index in [4.69, 9.17) is 0 Å². The molecule has 0 fully saturated rings. The lowest BCUT2D eigenvalue weighted by Gasteiger charge is -2.06. The minimum absolute atomic E-state index is 0.0155. The molecule has 0 atom stereocenters. The van der Waals surface area contributed by atoms with Crippen molar-refractivity contribution in [3.63, 3.8) is 0 Å². The first-order valence-corrected chi connectivity index (χ1v) is 6.32. The lowest BCUT2D eigenvalue weighted by molar-refractivity contribution is 0.0951. The first kappa shape index (κ1) is 13.7. The highest BCUT2D eigenvalue weighted by atomic mass is 16.1. The highest BCUT2D eigenvalue weighted by Crippen LogP contribution is 2.09. The summed E-state index contributed by atoms with van der Waals surface area (Å²) in [6.45, 7) is 8.90. The van der Waals surface area contributed by atoms with Gasteiger partial charge in [0, 0.05) is 12.2 Å². The second kappa shape index (κ2) is 6.42. The van der Waals surface area contributed by atoms with Gasteiger partial charge in [-0.2, -0.15) is 5.10 Å². The van der Waals surface area contributed by atoms with Gasteiger partial charge in [-0.25, -0.2) is 0 Å². The van der Waals surface area contributed by atoms with E-state index >= 15 is 0 Å². The normalized spacial score (nSPS) is 10.9. The number of nitrogens with one attached hydrogen (secondary N) is 2. The maximum Gasteiger partial charge on any atom is 0.255 e.